The van der Waals surface area contributed by atoms with Gasteiger partial charge in [0.15, 0.2) is 11.4 Å². The Morgan fingerprint density at radius 1 is 1.59 bits per heavy atom. The van der Waals surface area contributed by atoms with Gasteiger partial charge in [0.25, 0.3) is 5.91 Å². The van der Waals surface area contributed by atoms with E-state index in [0.717, 1.165) is 25.9 Å². The van der Waals surface area contributed by atoms with Crippen molar-refractivity contribution in [2.24, 2.45) is 0 Å². The van der Waals surface area contributed by atoms with Crippen molar-refractivity contribution < 1.29 is 9.53 Å². The number of piperidine rings is 1. The molecular formula is C16H22N4O2. The zero-order valence-electron chi connectivity index (χ0n) is 13.1. The lowest BCUT2D eigenvalue weighted by Crippen LogP contribution is -2.46. The minimum Gasteiger partial charge on any atom is -0.490 e. The largest absolute Gasteiger partial charge is 0.490 e. The fourth-order valence-corrected chi connectivity index (χ4v) is 2.93. The number of hydrogen-bond acceptors (Lipinski definition) is 4. The number of fused-ring (bicyclic) bond motifs is 1. The van der Waals surface area contributed by atoms with E-state index in [4.69, 9.17) is 4.74 Å². The molecule has 1 saturated heterocycles. The molecule has 1 atom stereocenters. The lowest BCUT2D eigenvalue weighted by Gasteiger charge is -2.23. The molecule has 2 aromatic rings. The summed E-state index contributed by atoms with van der Waals surface area (Å²) < 4.78 is 7.40. The van der Waals surface area contributed by atoms with Crippen LogP contribution in [0, 0.1) is 6.92 Å². The number of ether oxygens (including phenoxy) is 1. The molecule has 118 valence electrons. The molecule has 2 N–H and O–H groups in total. The van der Waals surface area contributed by atoms with Crippen molar-refractivity contribution in [3.05, 3.63) is 29.7 Å². The third kappa shape index (κ3) is 2.78. The van der Waals surface area contributed by atoms with Crippen LogP contribution in [0.4, 0.5) is 0 Å². The van der Waals surface area contributed by atoms with E-state index in [-0.39, 0.29) is 11.9 Å². The molecule has 3 heterocycles. The predicted octanol–water partition coefficient (Wildman–Crippen LogP) is 1.52. The molecule has 0 radical (unpaired) electrons. The van der Waals surface area contributed by atoms with E-state index in [2.05, 4.69) is 15.6 Å². The Morgan fingerprint density at radius 2 is 2.45 bits per heavy atom. The normalized spacial score (nSPS) is 18.4. The van der Waals surface area contributed by atoms with Crippen LogP contribution in [0.15, 0.2) is 18.3 Å². The Bertz CT molecular complexity index is 674. The Hall–Kier alpha value is -2.08. The van der Waals surface area contributed by atoms with Crippen LogP contribution in [-0.4, -0.2) is 41.0 Å². The number of nitrogens with zero attached hydrogens (tertiary/aromatic N) is 2. The molecule has 0 aromatic carbocycles. The molecule has 0 saturated carbocycles. The average molecular weight is 302 g/mol. The molecule has 2 aromatic heterocycles. The highest BCUT2D eigenvalue weighted by Crippen LogP contribution is 2.22. The minimum atomic E-state index is -0.0765. The lowest BCUT2D eigenvalue weighted by atomic mass is 10.1. The number of rotatable bonds is 4. The molecule has 0 bridgehead atoms. The van der Waals surface area contributed by atoms with Gasteiger partial charge in [-0.25, -0.2) is 4.98 Å². The maximum Gasteiger partial charge on any atom is 0.270 e. The highest BCUT2D eigenvalue weighted by atomic mass is 16.5. The number of aromatic nitrogens is 2. The summed E-state index contributed by atoms with van der Waals surface area (Å²) >= 11 is 0. The SMILES string of the molecule is CCOc1cccn2c(C(=O)N[C@@H]3CCCNC3)c(C)nc12. The van der Waals surface area contributed by atoms with Crippen LogP contribution in [0.1, 0.15) is 35.9 Å². The van der Waals surface area contributed by atoms with E-state index < -0.39 is 0 Å². The zero-order valence-corrected chi connectivity index (χ0v) is 13.1. The molecule has 1 fully saturated rings. The molecular weight excluding hydrogens is 280 g/mol. The van der Waals surface area contributed by atoms with Gasteiger partial charge < -0.3 is 15.4 Å². The summed E-state index contributed by atoms with van der Waals surface area (Å²) in [5.74, 6) is 0.624. The second kappa shape index (κ2) is 6.36. The summed E-state index contributed by atoms with van der Waals surface area (Å²) in [6.07, 6.45) is 3.95. The monoisotopic (exact) mass is 302 g/mol. The third-order valence-corrected chi connectivity index (χ3v) is 3.94. The summed E-state index contributed by atoms with van der Waals surface area (Å²) in [5, 5.41) is 6.41. The molecule has 0 aliphatic carbocycles. The first-order valence-corrected chi connectivity index (χ1v) is 7.82. The van der Waals surface area contributed by atoms with Crippen LogP contribution in [0.2, 0.25) is 0 Å². The van der Waals surface area contributed by atoms with Crippen LogP contribution >= 0.6 is 0 Å². The van der Waals surface area contributed by atoms with Crippen LogP contribution in [-0.2, 0) is 0 Å². The van der Waals surface area contributed by atoms with E-state index in [1.165, 1.54) is 0 Å². The first-order chi connectivity index (χ1) is 10.7. The average Bonchev–Trinajstić information content (AvgIpc) is 2.86. The van der Waals surface area contributed by atoms with Crippen molar-refractivity contribution in [2.45, 2.75) is 32.7 Å². The standard InChI is InChI=1S/C16H22N4O2/c1-3-22-13-7-5-9-20-14(11(2)18-15(13)20)16(21)19-12-6-4-8-17-10-12/h5,7,9,12,17H,3-4,6,8,10H2,1-2H3,(H,19,21)/t12-/m1/s1. The van der Waals surface area contributed by atoms with Gasteiger partial charge in [0.05, 0.1) is 12.3 Å². The van der Waals surface area contributed by atoms with Crippen molar-refractivity contribution in [3.8, 4) is 5.75 Å². The summed E-state index contributed by atoms with van der Waals surface area (Å²) in [7, 11) is 0. The lowest BCUT2D eigenvalue weighted by molar-refractivity contribution is 0.0924. The van der Waals surface area contributed by atoms with Crippen molar-refractivity contribution >= 4 is 11.6 Å². The number of carbonyl (C=O) groups is 1. The zero-order chi connectivity index (χ0) is 15.5. The van der Waals surface area contributed by atoms with Gasteiger partial charge in [-0.2, -0.15) is 0 Å². The van der Waals surface area contributed by atoms with Crippen LogP contribution < -0.4 is 15.4 Å². The first-order valence-electron chi connectivity index (χ1n) is 7.82. The number of imidazole rings is 1. The van der Waals surface area contributed by atoms with E-state index in [9.17, 15) is 4.79 Å². The number of carbonyl (C=O) groups excluding carboxylic acids is 1. The Balaban J connectivity index is 1.90. The second-order valence-corrected chi connectivity index (χ2v) is 5.56. The van der Waals surface area contributed by atoms with Gasteiger partial charge in [0.1, 0.15) is 5.69 Å². The van der Waals surface area contributed by atoms with Gasteiger partial charge in [0, 0.05) is 18.8 Å². The fraction of sp³-hybridized carbons (Fsp3) is 0.500. The quantitative estimate of drug-likeness (QED) is 0.898. The van der Waals surface area contributed by atoms with E-state index in [1.54, 1.807) is 0 Å². The molecule has 0 unspecified atom stereocenters. The highest BCUT2D eigenvalue weighted by Gasteiger charge is 2.22. The Labute approximate surface area is 129 Å². The van der Waals surface area contributed by atoms with Crippen LogP contribution in [0.5, 0.6) is 5.75 Å². The smallest absolute Gasteiger partial charge is 0.270 e. The van der Waals surface area contributed by atoms with Gasteiger partial charge in [-0.3, -0.25) is 9.20 Å². The van der Waals surface area contributed by atoms with Crippen molar-refractivity contribution in [2.75, 3.05) is 19.7 Å². The van der Waals surface area contributed by atoms with E-state index >= 15 is 0 Å². The summed E-state index contributed by atoms with van der Waals surface area (Å²) in [5.41, 5.74) is 1.99. The molecule has 3 rings (SSSR count). The Morgan fingerprint density at radius 3 is 3.18 bits per heavy atom. The second-order valence-electron chi connectivity index (χ2n) is 5.56. The highest BCUT2D eigenvalue weighted by molar-refractivity contribution is 5.95. The maximum absolute atomic E-state index is 12.6. The van der Waals surface area contributed by atoms with Gasteiger partial charge in [-0.1, -0.05) is 0 Å². The molecule has 22 heavy (non-hydrogen) atoms. The number of amides is 1. The van der Waals surface area contributed by atoms with Gasteiger partial charge in [-0.05, 0) is 45.4 Å². The van der Waals surface area contributed by atoms with Crippen molar-refractivity contribution in [1.82, 2.24) is 20.0 Å². The number of hydrogen-bond donors (Lipinski definition) is 2. The summed E-state index contributed by atoms with van der Waals surface area (Å²) in [4.78, 5) is 17.1. The Kier molecular flexibility index (Phi) is 4.29. The van der Waals surface area contributed by atoms with Crippen LogP contribution in [0.3, 0.4) is 0 Å². The van der Waals surface area contributed by atoms with E-state index in [1.807, 2.05) is 36.6 Å². The molecule has 6 heteroatoms. The van der Waals surface area contributed by atoms with Gasteiger partial charge in [0.2, 0.25) is 0 Å². The van der Waals surface area contributed by atoms with Crippen molar-refractivity contribution in [1.29, 1.82) is 0 Å². The molecule has 0 spiro atoms. The van der Waals surface area contributed by atoms with Gasteiger partial charge >= 0.3 is 0 Å². The van der Waals surface area contributed by atoms with Crippen LogP contribution in [0.25, 0.3) is 5.65 Å². The number of pyridine rings is 1. The molecule has 6 nitrogen and oxygen atoms in total. The third-order valence-electron chi connectivity index (χ3n) is 3.94. The minimum absolute atomic E-state index is 0.0765. The maximum atomic E-state index is 12.6. The predicted molar refractivity (Wildman–Crippen MR) is 84.5 cm³/mol. The number of nitrogens with one attached hydrogen (secondary N) is 2. The topological polar surface area (TPSA) is 67.7 Å². The molecule has 1 aliphatic rings. The fourth-order valence-electron chi connectivity index (χ4n) is 2.93. The molecule has 1 amide bonds. The summed E-state index contributed by atoms with van der Waals surface area (Å²) in [6, 6.07) is 3.93. The van der Waals surface area contributed by atoms with Crippen molar-refractivity contribution in [3.63, 3.8) is 0 Å². The van der Waals surface area contributed by atoms with Gasteiger partial charge in [-0.15, -0.1) is 0 Å². The van der Waals surface area contributed by atoms with E-state index in [0.29, 0.717) is 29.4 Å². The number of aryl methyl sites for hydroxylation is 1. The first kappa shape index (κ1) is 14.8. The molecule has 1 aliphatic heterocycles. The summed E-state index contributed by atoms with van der Waals surface area (Å²) in [6.45, 7) is 6.21.